The highest BCUT2D eigenvalue weighted by Crippen LogP contribution is 2.35. The molecule has 0 bridgehead atoms. The number of carbonyl (C=O) groups is 1. The standard InChI is InChI=1S/C12H11N5OS/c13-11-7(4-15-12(14)17-11)6-1-2-9-8(3-6)16-10(18)5-19-9/h1-4H,5H2,(H,16,18)(H4,13,14,15,17). The molecule has 1 aromatic heterocycles. The highest BCUT2D eigenvalue weighted by molar-refractivity contribution is 8.00. The summed E-state index contributed by atoms with van der Waals surface area (Å²) in [6.07, 6.45) is 1.58. The highest BCUT2D eigenvalue weighted by Gasteiger charge is 2.16. The fourth-order valence-electron chi connectivity index (χ4n) is 1.88. The van der Waals surface area contributed by atoms with Crippen molar-refractivity contribution in [3.63, 3.8) is 0 Å². The van der Waals surface area contributed by atoms with Gasteiger partial charge < -0.3 is 16.8 Å². The first-order chi connectivity index (χ1) is 9.13. The second-order valence-corrected chi connectivity index (χ2v) is 5.09. The lowest BCUT2D eigenvalue weighted by atomic mass is 10.1. The average molecular weight is 273 g/mol. The maximum absolute atomic E-state index is 11.4. The molecule has 0 aliphatic carbocycles. The molecule has 3 rings (SSSR count). The van der Waals surface area contributed by atoms with Crippen LogP contribution in [0.3, 0.4) is 0 Å². The molecule has 1 aromatic carbocycles. The van der Waals surface area contributed by atoms with Crippen LogP contribution >= 0.6 is 11.8 Å². The van der Waals surface area contributed by atoms with Gasteiger partial charge in [-0.15, -0.1) is 11.8 Å². The Morgan fingerprint density at radius 2 is 2.16 bits per heavy atom. The third-order valence-electron chi connectivity index (χ3n) is 2.76. The quantitative estimate of drug-likeness (QED) is 0.724. The molecule has 19 heavy (non-hydrogen) atoms. The van der Waals surface area contributed by atoms with Gasteiger partial charge in [0.05, 0.1) is 11.4 Å². The van der Waals surface area contributed by atoms with Crippen LogP contribution in [0.1, 0.15) is 0 Å². The van der Waals surface area contributed by atoms with Crippen LogP contribution < -0.4 is 16.8 Å². The Kier molecular flexibility index (Phi) is 2.75. The number of rotatable bonds is 1. The number of amides is 1. The number of nitrogens with one attached hydrogen (secondary N) is 1. The van der Waals surface area contributed by atoms with E-state index in [1.807, 2.05) is 18.2 Å². The molecular formula is C12H11N5OS. The molecule has 96 valence electrons. The van der Waals surface area contributed by atoms with Gasteiger partial charge in [0.1, 0.15) is 5.82 Å². The first-order valence-corrected chi connectivity index (χ1v) is 6.57. The number of benzene rings is 1. The minimum atomic E-state index is -0.00354. The summed E-state index contributed by atoms with van der Waals surface area (Å²) < 4.78 is 0. The molecule has 0 saturated heterocycles. The normalized spacial score (nSPS) is 13.8. The smallest absolute Gasteiger partial charge is 0.234 e. The van der Waals surface area contributed by atoms with Crippen LogP contribution in [-0.4, -0.2) is 21.6 Å². The summed E-state index contributed by atoms with van der Waals surface area (Å²) in [4.78, 5) is 20.3. The van der Waals surface area contributed by atoms with Crippen molar-refractivity contribution in [2.45, 2.75) is 4.90 Å². The lowest BCUT2D eigenvalue weighted by molar-refractivity contribution is -0.113. The van der Waals surface area contributed by atoms with E-state index in [0.29, 0.717) is 17.1 Å². The monoisotopic (exact) mass is 273 g/mol. The van der Waals surface area contributed by atoms with Gasteiger partial charge in [0, 0.05) is 16.7 Å². The Bertz CT molecular complexity index is 673. The zero-order valence-corrected chi connectivity index (χ0v) is 10.7. The van der Waals surface area contributed by atoms with Crippen molar-refractivity contribution in [2.24, 2.45) is 0 Å². The van der Waals surface area contributed by atoms with Crippen molar-refractivity contribution >= 4 is 35.1 Å². The maximum atomic E-state index is 11.4. The van der Waals surface area contributed by atoms with Crippen molar-refractivity contribution < 1.29 is 4.79 Å². The van der Waals surface area contributed by atoms with Gasteiger partial charge in [-0.25, -0.2) is 4.98 Å². The molecule has 0 atom stereocenters. The van der Waals surface area contributed by atoms with Crippen LogP contribution in [-0.2, 0) is 4.79 Å². The average Bonchev–Trinajstić information content (AvgIpc) is 2.38. The van der Waals surface area contributed by atoms with Gasteiger partial charge in [0.25, 0.3) is 0 Å². The molecule has 1 amide bonds. The largest absolute Gasteiger partial charge is 0.383 e. The second kappa shape index (κ2) is 4.43. The van der Waals surface area contributed by atoms with Gasteiger partial charge in [0.15, 0.2) is 0 Å². The SMILES string of the molecule is Nc1ncc(-c2ccc3c(c2)NC(=O)CS3)c(N)n1. The number of nitrogens with zero attached hydrogens (tertiary/aromatic N) is 2. The van der Waals surface area contributed by atoms with E-state index >= 15 is 0 Å². The van der Waals surface area contributed by atoms with Gasteiger partial charge in [-0.05, 0) is 17.7 Å². The molecule has 1 aliphatic rings. The van der Waals surface area contributed by atoms with Crippen LogP contribution in [0.15, 0.2) is 29.3 Å². The van der Waals surface area contributed by atoms with E-state index < -0.39 is 0 Å². The molecular weight excluding hydrogens is 262 g/mol. The Labute approximate surface area is 113 Å². The molecule has 0 unspecified atom stereocenters. The number of hydrogen-bond donors (Lipinski definition) is 3. The zero-order valence-electron chi connectivity index (χ0n) is 9.88. The van der Waals surface area contributed by atoms with Crippen LogP contribution in [0.25, 0.3) is 11.1 Å². The van der Waals surface area contributed by atoms with E-state index in [0.717, 1.165) is 16.1 Å². The molecule has 0 spiro atoms. The number of aromatic nitrogens is 2. The van der Waals surface area contributed by atoms with Crippen LogP contribution in [0, 0.1) is 0 Å². The van der Waals surface area contributed by atoms with Gasteiger partial charge in [-0.2, -0.15) is 4.98 Å². The minimum absolute atomic E-state index is 0.00354. The molecule has 2 aromatic rings. The van der Waals surface area contributed by atoms with Gasteiger partial charge in [0.2, 0.25) is 11.9 Å². The maximum Gasteiger partial charge on any atom is 0.234 e. The number of nitrogen functional groups attached to an aromatic ring is 2. The van der Waals surface area contributed by atoms with Crippen molar-refractivity contribution in [2.75, 3.05) is 22.5 Å². The molecule has 7 heteroatoms. The van der Waals surface area contributed by atoms with Crippen molar-refractivity contribution in [1.29, 1.82) is 0 Å². The summed E-state index contributed by atoms with van der Waals surface area (Å²) in [5, 5.41) is 2.83. The summed E-state index contributed by atoms with van der Waals surface area (Å²) in [5.74, 6) is 0.904. The highest BCUT2D eigenvalue weighted by atomic mass is 32.2. The lowest BCUT2D eigenvalue weighted by Gasteiger charge is -2.17. The third kappa shape index (κ3) is 2.19. The van der Waals surface area contributed by atoms with Crippen molar-refractivity contribution in [3.05, 3.63) is 24.4 Å². The topological polar surface area (TPSA) is 107 Å². The summed E-state index contributed by atoms with van der Waals surface area (Å²) in [5.41, 5.74) is 13.6. The van der Waals surface area contributed by atoms with E-state index in [1.54, 1.807) is 6.20 Å². The summed E-state index contributed by atoms with van der Waals surface area (Å²) >= 11 is 1.51. The number of thioether (sulfide) groups is 1. The Balaban J connectivity index is 2.06. The predicted octanol–water partition coefficient (Wildman–Crippen LogP) is 1.35. The zero-order chi connectivity index (χ0) is 13.4. The molecule has 2 heterocycles. The van der Waals surface area contributed by atoms with Gasteiger partial charge >= 0.3 is 0 Å². The van der Waals surface area contributed by atoms with E-state index in [2.05, 4.69) is 15.3 Å². The third-order valence-corrected chi connectivity index (χ3v) is 3.83. The molecule has 0 radical (unpaired) electrons. The van der Waals surface area contributed by atoms with E-state index in [1.165, 1.54) is 11.8 Å². The number of carbonyl (C=O) groups excluding carboxylic acids is 1. The van der Waals surface area contributed by atoms with Crippen molar-refractivity contribution in [1.82, 2.24) is 9.97 Å². The summed E-state index contributed by atoms with van der Waals surface area (Å²) in [6, 6.07) is 5.74. The van der Waals surface area contributed by atoms with Crippen LogP contribution in [0.5, 0.6) is 0 Å². The Morgan fingerprint density at radius 3 is 2.95 bits per heavy atom. The predicted molar refractivity (Wildman–Crippen MR) is 75.6 cm³/mol. The number of fused-ring (bicyclic) bond motifs is 1. The number of hydrogen-bond acceptors (Lipinski definition) is 6. The van der Waals surface area contributed by atoms with E-state index in [-0.39, 0.29) is 11.9 Å². The van der Waals surface area contributed by atoms with E-state index in [9.17, 15) is 4.79 Å². The number of anilines is 3. The van der Waals surface area contributed by atoms with Gasteiger partial charge in [-0.3, -0.25) is 4.79 Å². The first kappa shape index (κ1) is 11.8. The van der Waals surface area contributed by atoms with Crippen molar-refractivity contribution in [3.8, 4) is 11.1 Å². The fraction of sp³-hybridized carbons (Fsp3) is 0.0833. The van der Waals surface area contributed by atoms with E-state index in [4.69, 9.17) is 11.5 Å². The van der Waals surface area contributed by atoms with Crippen LogP contribution in [0.2, 0.25) is 0 Å². The summed E-state index contributed by atoms with van der Waals surface area (Å²) in [6.45, 7) is 0. The minimum Gasteiger partial charge on any atom is -0.383 e. The molecule has 6 nitrogen and oxygen atoms in total. The van der Waals surface area contributed by atoms with Crippen LogP contribution in [0.4, 0.5) is 17.5 Å². The Morgan fingerprint density at radius 1 is 1.32 bits per heavy atom. The lowest BCUT2D eigenvalue weighted by Crippen LogP contribution is -2.18. The molecule has 1 aliphatic heterocycles. The Hall–Kier alpha value is -2.28. The first-order valence-electron chi connectivity index (χ1n) is 5.58. The summed E-state index contributed by atoms with van der Waals surface area (Å²) in [7, 11) is 0. The molecule has 0 fully saturated rings. The fourth-order valence-corrected chi connectivity index (χ4v) is 2.67. The molecule has 0 saturated carbocycles. The second-order valence-electron chi connectivity index (χ2n) is 4.07. The van der Waals surface area contributed by atoms with Gasteiger partial charge in [-0.1, -0.05) is 6.07 Å². The number of nitrogens with two attached hydrogens (primary N) is 2. The molecule has 5 N–H and O–H groups in total.